The molecule has 2 aromatic heterocycles. The van der Waals surface area contributed by atoms with Gasteiger partial charge in [-0.05, 0) is 47.7 Å². The van der Waals surface area contributed by atoms with Gasteiger partial charge in [0.05, 0.1) is 0 Å². The molecule has 0 bridgehead atoms. The van der Waals surface area contributed by atoms with Gasteiger partial charge in [-0.1, -0.05) is 0 Å². The highest BCUT2D eigenvalue weighted by Gasteiger charge is 2.35. The van der Waals surface area contributed by atoms with Crippen LogP contribution in [0.4, 0.5) is 0 Å². The molecule has 3 nitrogen and oxygen atoms in total. The van der Waals surface area contributed by atoms with Crippen LogP contribution in [-0.4, -0.2) is 14.5 Å². The average Bonchev–Trinajstić information content (AvgIpc) is 3.16. The molecule has 0 amide bonds. The number of rotatable bonds is 2. The number of aromatic nitrogens is 3. The third-order valence-electron chi connectivity index (χ3n) is 3.41. The van der Waals surface area contributed by atoms with E-state index in [1.54, 1.807) is 0 Å². The molecule has 2 heterocycles. The number of nitrogens with zero attached hydrogens (tertiary/aromatic N) is 3. The Labute approximate surface area is 102 Å². The molecule has 0 N–H and O–H groups in total. The van der Waals surface area contributed by atoms with E-state index in [1.807, 2.05) is 12.3 Å². The third kappa shape index (κ3) is 1.25. The fraction of sp³-hybridized carbons (Fsp3) is 0.500. The molecule has 0 spiro atoms. The zero-order valence-electron chi connectivity index (χ0n) is 8.86. The summed E-state index contributed by atoms with van der Waals surface area (Å²) in [5.74, 6) is 1.97. The zero-order chi connectivity index (χ0) is 10.7. The van der Waals surface area contributed by atoms with Crippen molar-refractivity contribution in [1.82, 2.24) is 14.5 Å². The minimum absolute atomic E-state index is 0.669. The first kappa shape index (κ1) is 9.16. The van der Waals surface area contributed by atoms with Crippen molar-refractivity contribution in [3.63, 3.8) is 0 Å². The highest BCUT2D eigenvalue weighted by Crippen LogP contribution is 2.46. The first-order valence-electron chi connectivity index (χ1n) is 5.87. The quantitative estimate of drug-likeness (QED) is 0.842. The fourth-order valence-corrected chi connectivity index (χ4v) is 2.68. The van der Waals surface area contributed by atoms with Crippen molar-refractivity contribution in [2.24, 2.45) is 0 Å². The lowest BCUT2D eigenvalue weighted by Crippen LogP contribution is -2.00. The summed E-state index contributed by atoms with van der Waals surface area (Å²) in [6, 6.07) is 2.64. The van der Waals surface area contributed by atoms with Crippen LogP contribution in [0.15, 0.2) is 16.7 Å². The van der Waals surface area contributed by atoms with E-state index >= 15 is 0 Å². The molecular formula is C12H12BrN3. The molecule has 0 atom stereocenters. The van der Waals surface area contributed by atoms with Crippen LogP contribution in [0.2, 0.25) is 0 Å². The van der Waals surface area contributed by atoms with E-state index in [0.717, 1.165) is 15.6 Å². The summed E-state index contributed by atoms with van der Waals surface area (Å²) >= 11 is 3.57. The third-order valence-corrected chi connectivity index (χ3v) is 4.05. The lowest BCUT2D eigenvalue weighted by Gasteiger charge is -2.04. The number of halogens is 1. The summed E-state index contributed by atoms with van der Waals surface area (Å²) in [5, 5.41) is 0. The lowest BCUT2D eigenvalue weighted by molar-refractivity contribution is 0.697. The summed E-state index contributed by atoms with van der Waals surface area (Å²) in [7, 11) is 0. The SMILES string of the molecule is Brc1ccnc2c1nc(C1CC1)n2C1CC1. The smallest absolute Gasteiger partial charge is 0.161 e. The Morgan fingerprint density at radius 2 is 2.06 bits per heavy atom. The van der Waals surface area contributed by atoms with Gasteiger partial charge in [0.15, 0.2) is 5.65 Å². The molecule has 2 aromatic rings. The monoisotopic (exact) mass is 277 g/mol. The van der Waals surface area contributed by atoms with Crippen LogP contribution in [0, 0.1) is 0 Å². The van der Waals surface area contributed by atoms with Crippen molar-refractivity contribution < 1.29 is 0 Å². The van der Waals surface area contributed by atoms with Gasteiger partial charge in [0.2, 0.25) is 0 Å². The lowest BCUT2D eigenvalue weighted by atomic mass is 10.4. The van der Waals surface area contributed by atoms with Crippen molar-refractivity contribution in [2.75, 3.05) is 0 Å². The van der Waals surface area contributed by atoms with Crippen molar-refractivity contribution in [2.45, 2.75) is 37.6 Å². The predicted octanol–water partition coefficient (Wildman–Crippen LogP) is 3.41. The van der Waals surface area contributed by atoms with E-state index in [4.69, 9.17) is 4.98 Å². The van der Waals surface area contributed by atoms with Gasteiger partial charge in [0.25, 0.3) is 0 Å². The van der Waals surface area contributed by atoms with Crippen LogP contribution in [0.1, 0.15) is 43.5 Å². The van der Waals surface area contributed by atoms with Crippen molar-refractivity contribution >= 4 is 27.1 Å². The first-order chi connectivity index (χ1) is 7.84. The molecular weight excluding hydrogens is 266 g/mol. The molecule has 4 rings (SSSR count). The van der Waals surface area contributed by atoms with E-state index in [-0.39, 0.29) is 0 Å². The second-order valence-electron chi connectivity index (χ2n) is 4.81. The van der Waals surface area contributed by atoms with Crippen molar-refractivity contribution in [3.8, 4) is 0 Å². The number of imidazole rings is 1. The number of pyridine rings is 1. The molecule has 16 heavy (non-hydrogen) atoms. The van der Waals surface area contributed by atoms with Gasteiger partial charge in [0, 0.05) is 22.6 Å². The van der Waals surface area contributed by atoms with Gasteiger partial charge in [-0.15, -0.1) is 0 Å². The van der Waals surface area contributed by atoms with Crippen LogP contribution >= 0.6 is 15.9 Å². The molecule has 0 radical (unpaired) electrons. The highest BCUT2D eigenvalue weighted by molar-refractivity contribution is 9.10. The van der Waals surface area contributed by atoms with E-state index in [0.29, 0.717) is 12.0 Å². The van der Waals surface area contributed by atoms with E-state index in [1.165, 1.54) is 31.5 Å². The van der Waals surface area contributed by atoms with Crippen LogP contribution in [0.5, 0.6) is 0 Å². The van der Waals surface area contributed by atoms with E-state index < -0.39 is 0 Å². The molecule has 82 valence electrons. The number of hydrogen-bond donors (Lipinski definition) is 0. The fourth-order valence-electron chi connectivity index (χ4n) is 2.30. The minimum atomic E-state index is 0.669. The van der Waals surface area contributed by atoms with Crippen LogP contribution in [0.3, 0.4) is 0 Å². The van der Waals surface area contributed by atoms with E-state index in [9.17, 15) is 0 Å². The summed E-state index contributed by atoms with van der Waals surface area (Å²) in [6.45, 7) is 0. The Morgan fingerprint density at radius 1 is 1.25 bits per heavy atom. The Morgan fingerprint density at radius 3 is 2.75 bits per heavy atom. The van der Waals surface area contributed by atoms with Gasteiger partial charge >= 0.3 is 0 Å². The van der Waals surface area contributed by atoms with Crippen molar-refractivity contribution in [1.29, 1.82) is 0 Å². The maximum absolute atomic E-state index is 4.79. The van der Waals surface area contributed by atoms with Crippen LogP contribution in [0.25, 0.3) is 11.2 Å². The summed E-state index contributed by atoms with van der Waals surface area (Å²) in [6.07, 6.45) is 7.05. The number of fused-ring (bicyclic) bond motifs is 1. The molecule has 0 aromatic carbocycles. The summed E-state index contributed by atoms with van der Waals surface area (Å²) < 4.78 is 3.46. The molecule has 0 saturated heterocycles. The molecule has 2 aliphatic carbocycles. The standard InChI is InChI=1S/C12H12BrN3/c13-9-5-6-14-12-10(9)15-11(7-1-2-7)16(12)8-3-4-8/h5-8H,1-4H2. The molecule has 0 unspecified atom stereocenters. The zero-order valence-corrected chi connectivity index (χ0v) is 10.4. The Kier molecular flexibility index (Phi) is 1.76. The predicted molar refractivity (Wildman–Crippen MR) is 65.5 cm³/mol. The summed E-state index contributed by atoms with van der Waals surface area (Å²) in [4.78, 5) is 9.29. The first-order valence-corrected chi connectivity index (χ1v) is 6.66. The highest BCUT2D eigenvalue weighted by atomic mass is 79.9. The normalized spacial score (nSPS) is 20.6. The second-order valence-corrected chi connectivity index (χ2v) is 5.66. The molecule has 2 saturated carbocycles. The van der Waals surface area contributed by atoms with Gasteiger partial charge in [-0.25, -0.2) is 9.97 Å². The molecule has 2 aliphatic rings. The van der Waals surface area contributed by atoms with Crippen LogP contribution < -0.4 is 0 Å². The van der Waals surface area contributed by atoms with E-state index in [2.05, 4.69) is 25.5 Å². The topological polar surface area (TPSA) is 30.7 Å². The maximum atomic E-state index is 4.79. The second kappa shape index (κ2) is 3.06. The Balaban J connectivity index is 2.04. The molecule has 0 aliphatic heterocycles. The maximum Gasteiger partial charge on any atom is 0.161 e. The van der Waals surface area contributed by atoms with Gasteiger partial charge < -0.3 is 4.57 Å². The number of hydrogen-bond acceptors (Lipinski definition) is 2. The van der Waals surface area contributed by atoms with Gasteiger partial charge in [-0.2, -0.15) is 0 Å². The summed E-state index contributed by atoms with van der Waals surface area (Å²) in [5.41, 5.74) is 2.11. The molecule has 4 heteroatoms. The van der Waals surface area contributed by atoms with Crippen molar-refractivity contribution in [3.05, 3.63) is 22.6 Å². The largest absolute Gasteiger partial charge is 0.309 e. The minimum Gasteiger partial charge on any atom is -0.309 e. The Hall–Kier alpha value is -0.900. The van der Waals surface area contributed by atoms with Crippen LogP contribution in [-0.2, 0) is 0 Å². The Bertz CT molecular complexity index is 567. The van der Waals surface area contributed by atoms with Gasteiger partial charge in [0.1, 0.15) is 11.3 Å². The average molecular weight is 278 g/mol. The van der Waals surface area contributed by atoms with Gasteiger partial charge in [-0.3, -0.25) is 0 Å². The molecule has 2 fully saturated rings.